The van der Waals surface area contributed by atoms with E-state index in [1.165, 1.54) is 24.0 Å². The summed E-state index contributed by atoms with van der Waals surface area (Å²) in [5.41, 5.74) is 2.35. The van der Waals surface area contributed by atoms with Crippen LogP contribution in [0.5, 0.6) is 11.5 Å². The monoisotopic (exact) mass is 466 g/mol. The normalized spacial score (nSPS) is 17.8. The van der Waals surface area contributed by atoms with Crippen LogP contribution in [0.1, 0.15) is 50.7 Å². The van der Waals surface area contributed by atoms with E-state index in [2.05, 4.69) is 45.7 Å². The Morgan fingerprint density at radius 2 is 1.32 bits per heavy atom. The summed E-state index contributed by atoms with van der Waals surface area (Å²) in [4.78, 5) is 0. The molecule has 1 aliphatic rings. The van der Waals surface area contributed by atoms with Gasteiger partial charge in [0, 0.05) is 5.41 Å². The summed E-state index contributed by atoms with van der Waals surface area (Å²) in [6, 6.07) is 11.7. The van der Waals surface area contributed by atoms with Gasteiger partial charge in [0.2, 0.25) is 0 Å². The lowest BCUT2D eigenvalue weighted by Crippen LogP contribution is -2.34. The Balaban J connectivity index is 2.08. The Labute approximate surface area is 166 Å². The number of benzene rings is 2. The van der Waals surface area contributed by atoms with Crippen LogP contribution in [-0.4, -0.2) is 10.2 Å². The summed E-state index contributed by atoms with van der Waals surface area (Å²) in [6.07, 6.45) is 4.53. The zero-order valence-corrected chi connectivity index (χ0v) is 17.8. The average Bonchev–Trinajstić information content (AvgIpc) is 2.59. The maximum Gasteiger partial charge on any atom is 0.129 e. The highest BCUT2D eigenvalue weighted by molar-refractivity contribution is 9.10. The third-order valence-corrected chi connectivity index (χ3v) is 7.10. The molecule has 0 heterocycles. The molecule has 0 aliphatic heterocycles. The third-order valence-electron chi connectivity index (χ3n) is 5.83. The lowest BCUT2D eigenvalue weighted by molar-refractivity contribution is 0.217. The van der Waals surface area contributed by atoms with Gasteiger partial charge in [0.05, 0.1) is 8.95 Å². The first-order chi connectivity index (χ1) is 11.8. The van der Waals surface area contributed by atoms with E-state index in [1.807, 2.05) is 24.3 Å². The second kappa shape index (κ2) is 7.32. The standard InChI is InChI=1S/C21H24Br2O2/c1-13(2)14-7-9-21(10-8-14,15-3-5-19(24)17(22)11-15)16-4-6-20(25)18(23)12-16/h3-6,11-14,24-25H,7-10H2,1-2H3. The van der Waals surface area contributed by atoms with Gasteiger partial charge in [0.25, 0.3) is 0 Å². The van der Waals surface area contributed by atoms with Crippen LogP contribution < -0.4 is 0 Å². The van der Waals surface area contributed by atoms with E-state index >= 15 is 0 Å². The van der Waals surface area contributed by atoms with E-state index in [4.69, 9.17) is 0 Å². The van der Waals surface area contributed by atoms with Crippen molar-refractivity contribution in [1.29, 1.82) is 0 Å². The van der Waals surface area contributed by atoms with Crippen molar-refractivity contribution in [1.82, 2.24) is 0 Å². The van der Waals surface area contributed by atoms with Crippen LogP contribution in [0.15, 0.2) is 45.3 Å². The molecule has 1 aliphatic carbocycles. The molecular formula is C21H24Br2O2. The number of hydrogen-bond donors (Lipinski definition) is 2. The van der Waals surface area contributed by atoms with Gasteiger partial charge in [0.1, 0.15) is 11.5 Å². The van der Waals surface area contributed by atoms with Crippen molar-refractivity contribution >= 4 is 31.9 Å². The highest BCUT2D eigenvalue weighted by atomic mass is 79.9. The molecule has 0 atom stereocenters. The van der Waals surface area contributed by atoms with Gasteiger partial charge < -0.3 is 10.2 Å². The highest BCUT2D eigenvalue weighted by Crippen LogP contribution is 2.49. The fraction of sp³-hybridized carbons (Fsp3) is 0.429. The van der Waals surface area contributed by atoms with Crippen LogP contribution in [0.4, 0.5) is 0 Å². The molecule has 3 rings (SSSR count). The molecule has 0 saturated heterocycles. The van der Waals surface area contributed by atoms with Crippen LogP contribution in [0.2, 0.25) is 0 Å². The number of hydrogen-bond acceptors (Lipinski definition) is 2. The highest BCUT2D eigenvalue weighted by Gasteiger charge is 2.39. The van der Waals surface area contributed by atoms with Crippen LogP contribution in [-0.2, 0) is 5.41 Å². The van der Waals surface area contributed by atoms with Crippen molar-refractivity contribution in [3.05, 3.63) is 56.5 Å². The molecule has 0 spiro atoms. The molecule has 1 saturated carbocycles. The number of aromatic hydroxyl groups is 2. The van der Waals surface area contributed by atoms with E-state index in [0.29, 0.717) is 5.92 Å². The Morgan fingerprint density at radius 3 is 1.68 bits per heavy atom. The molecule has 134 valence electrons. The first-order valence-corrected chi connectivity index (χ1v) is 10.4. The number of halogens is 2. The molecule has 2 N–H and O–H groups in total. The van der Waals surface area contributed by atoms with Crippen LogP contribution in [0, 0.1) is 11.8 Å². The Hall–Kier alpha value is -1.00. The van der Waals surface area contributed by atoms with Crippen molar-refractivity contribution in [3.63, 3.8) is 0 Å². The maximum atomic E-state index is 9.90. The molecular weight excluding hydrogens is 444 g/mol. The molecule has 25 heavy (non-hydrogen) atoms. The lowest BCUT2D eigenvalue weighted by Gasteiger charge is -2.42. The second-order valence-electron chi connectivity index (χ2n) is 7.50. The Morgan fingerprint density at radius 1 is 0.880 bits per heavy atom. The minimum absolute atomic E-state index is 0.0855. The molecule has 2 aromatic rings. The SMILES string of the molecule is CC(C)C1CCC(c2ccc(O)c(Br)c2)(c2ccc(O)c(Br)c2)CC1. The zero-order valence-electron chi connectivity index (χ0n) is 14.6. The van der Waals surface area contributed by atoms with E-state index < -0.39 is 0 Å². The third kappa shape index (κ3) is 3.61. The summed E-state index contributed by atoms with van der Waals surface area (Å²) in [7, 11) is 0. The summed E-state index contributed by atoms with van der Waals surface area (Å²) in [6.45, 7) is 4.62. The molecule has 0 radical (unpaired) electrons. The lowest BCUT2D eigenvalue weighted by atomic mass is 9.62. The van der Waals surface area contributed by atoms with E-state index in [0.717, 1.165) is 27.7 Å². The predicted octanol–water partition coefficient (Wildman–Crippen LogP) is 6.76. The van der Waals surface area contributed by atoms with Gasteiger partial charge in [-0.25, -0.2) is 0 Å². The molecule has 1 fully saturated rings. The number of phenolic OH excluding ortho intramolecular Hbond substituents is 2. The molecule has 2 nitrogen and oxygen atoms in total. The van der Waals surface area contributed by atoms with Gasteiger partial charge >= 0.3 is 0 Å². The van der Waals surface area contributed by atoms with Crippen molar-refractivity contribution in [2.24, 2.45) is 11.8 Å². The molecule has 2 aromatic carbocycles. The zero-order chi connectivity index (χ0) is 18.2. The molecule has 0 bridgehead atoms. The average molecular weight is 468 g/mol. The quantitative estimate of drug-likeness (QED) is 0.523. The van der Waals surface area contributed by atoms with Crippen molar-refractivity contribution < 1.29 is 10.2 Å². The smallest absolute Gasteiger partial charge is 0.129 e. The fourth-order valence-electron chi connectivity index (χ4n) is 4.15. The number of phenols is 2. The van der Waals surface area contributed by atoms with Crippen LogP contribution in [0.3, 0.4) is 0 Å². The van der Waals surface area contributed by atoms with Crippen molar-refractivity contribution in [2.45, 2.75) is 44.9 Å². The van der Waals surface area contributed by atoms with Crippen molar-refractivity contribution in [3.8, 4) is 11.5 Å². The van der Waals surface area contributed by atoms with Crippen LogP contribution >= 0.6 is 31.9 Å². The predicted molar refractivity (Wildman–Crippen MR) is 109 cm³/mol. The molecule has 0 unspecified atom stereocenters. The summed E-state index contributed by atoms with van der Waals surface area (Å²) >= 11 is 6.94. The van der Waals surface area contributed by atoms with Gasteiger partial charge in [-0.3, -0.25) is 0 Å². The van der Waals surface area contributed by atoms with Gasteiger partial charge in [-0.2, -0.15) is 0 Å². The molecule has 4 heteroatoms. The summed E-state index contributed by atoms with van der Waals surface area (Å²) in [5, 5.41) is 19.8. The minimum Gasteiger partial charge on any atom is -0.507 e. The number of rotatable bonds is 3. The van der Waals surface area contributed by atoms with E-state index in [9.17, 15) is 10.2 Å². The Kier molecular flexibility index (Phi) is 5.50. The second-order valence-corrected chi connectivity index (χ2v) is 9.20. The minimum atomic E-state index is -0.0855. The van der Waals surface area contributed by atoms with Crippen LogP contribution in [0.25, 0.3) is 0 Å². The fourth-order valence-corrected chi connectivity index (χ4v) is 4.91. The topological polar surface area (TPSA) is 40.5 Å². The van der Waals surface area contributed by atoms with E-state index in [-0.39, 0.29) is 16.9 Å². The molecule has 0 amide bonds. The summed E-state index contributed by atoms with van der Waals surface area (Å²) in [5.74, 6) is 1.99. The summed E-state index contributed by atoms with van der Waals surface area (Å²) < 4.78 is 1.46. The van der Waals surface area contributed by atoms with Crippen molar-refractivity contribution in [2.75, 3.05) is 0 Å². The first kappa shape index (κ1) is 18.8. The Bertz CT molecular complexity index is 709. The maximum absolute atomic E-state index is 9.90. The van der Waals surface area contributed by atoms with Gasteiger partial charge in [-0.05, 0) is 105 Å². The molecule has 0 aromatic heterocycles. The largest absolute Gasteiger partial charge is 0.507 e. The van der Waals surface area contributed by atoms with Gasteiger partial charge in [0.15, 0.2) is 0 Å². The van der Waals surface area contributed by atoms with E-state index in [1.54, 1.807) is 12.1 Å². The first-order valence-electron chi connectivity index (χ1n) is 8.81. The van der Waals surface area contributed by atoms with Gasteiger partial charge in [-0.15, -0.1) is 0 Å². The van der Waals surface area contributed by atoms with Gasteiger partial charge in [-0.1, -0.05) is 26.0 Å².